The standard InChI is InChI=1S/C21H24N6OS/c1-13-6-7-19(22-10-13)27-16(4)9-18(17(27)5)11-23-26-20(28)12-29-21-24-14(2)8-15(3)25-21/h6-11H,12H2,1-5H3,(H,26,28)/b23-11-. The molecule has 0 aliphatic rings. The lowest BCUT2D eigenvalue weighted by atomic mass is 10.3. The van der Waals surface area contributed by atoms with Gasteiger partial charge in [-0.25, -0.2) is 20.4 Å². The summed E-state index contributed by atoms with van der Waals surface area (Å²) < 4.78 is 2.07. The van der Waals surface area contributed by atoms with Gasteiger partial charge in [-0.05, 0) is 58.4 Å². The molecule has 8 heteroatoms. The first kappa shape index (κ1) is 20.7. The topological polar surface area (TPSA) is 85.1 Å². The van der Waals surface area contributed by atoms with Crippen LogP contribution in [0.1, 0.15) is 33.9 Å². The molecule has 0 aliphatic heterocycles. The first-order chi connectivity index (χ1) is 13.8. The second-order valence-corrected chi connectivity index (χ2v) is 7.81. The Morgan fingerprint density at radius 1 is 1.14 bits per heavy atom. The van der Waals surface area contributed by atoms with Crippen molar-refractivity contribution >= 4 is 23.9 Å². The minimum atomic E-state index is -0.206. The minimum Gasteiger partial charge on any atom is -0.303 e. The molecule has 150 valence electrons. The third-order valence-corrected chi connectivity index (χ3v) is 5.13. The van der Waals surface area contributed by atoms with Crippen LogP contribution < -0.4 is 5.43 Å². The summed E-state index contributed by atoms with van der Waals surface area (Å²) in [7, 11) is 0. The van der Waals surface area contributed by atoms with Crippen molar-refractivity contribution in [3.63, 3.8) is 0 Å². The number of aromatic nitrogens is 4. The van der Waals surface area contributed by atoms with E-state index in [1.54, 1.807) is 6.21 Å². The molecule has 0 bridgehead atoms. The van der Waals surface area contributed by atoms with Gasteiger partial charge in [0.05, 0.1) is 12.0 Å². The smallest absolute Gasteiger partial charge is 0.250 e. The van der Waals surface area contributed by atoms with Gasteiger partial charge in [0.1, 0.15) is 5.82 Å². The lowest BCUT2D eigenvalue weighted by Crippen LogP contribution is -2.19. The molecule has 0 saturated heterocycles. The summed E-state index contributed by atoms with van der Waals surface area (Å²) in [6, 6.07) is 7.94. The quantitative estimate of drug-likeness (QED) is 0.292. The summed E-state index contributed by atoms with van der Waals surface area (Å²) in [6.45, 7) is 9.85. The number of carbonyl (C=O) groups is 1. The van der Waals surface area contributed by atoms with Gasteiger partial charge < -0.3 is 4.57 Å². The first-order valence-electron chi connectivity index (χ1n) is 9.22. The van der Waals surface area contributed by atoms with Crippen LogP contribution >= 0.6 is 11.8 Å². The van der Waals surface area contributed by atoms with Crippen LogP contribution in [0.4, 0.5) is 0 Å². The van der Waals surface area contributed by atoms with Crippen LogP contribution in [0.2, 0.25) is 0 Å². The van der Waals surface area contributed by atoms with E-state index in [0.29, 0.717) is 5.16 Å². The van der Waals surface area contributed by atoms with Crippen molar-refractivity contribution < 1.29 is 4.79 Å². The van der Waals surface area contributed by atoms with Crippen LogP contribution in [0.15, 0.2) is 40.7 Å². The van der Waals surface area contributed by atoms with Crippen LogP contribution in [0, 0.1) is 34.6 Å². The summed E-state index contributed by atoms with van der Waals surface area (Å²) in [5.41, 5.74) is 8.44. The van der Waals surface area contributed by atoms with E-state index in [9.17, 15) is 4.79 Å². The molecule has 0 radical (unpaired) electrons. The van der Waals surface area contributed by atoms with Crippen LogP contribution in [0.25, 0.3) is 5.82 Å². The number of pyridine rings is 1. The normalized spacial score (nSPS) is 11.2. The number of carbonyl (C=O) groups excluding carboxylic acids is 1. The summed E-state index contributed by atoms with van der Waals surface area (Å²) >= 11 is 1.29. The SMILES string of the molecule is Cc1ccc(-n2c(C)cc(/C=N\NC(=O)CSc3nc(C)cc(C)n3)c2C)nc1. The van der Waals surface area contributed by atoms with Crippen LogP contribution in [0.3, 0.4) is 0 Å². The maximum absolute atomic E-state index is 12.1. The third kappa shape index (κ3) is 5.29. The van der Waals surface area contributed by atoms with Gasteiger partial charge in [0.15, 0.2) is 5.16 Å². The highest BCUT2D eigenvalue weighted by molar-refractivity contribution is 7.99. The van der Waals surface area contributed by atoms with E-state index in [1.165, 1.54) is 11.8 Å². The number of hydrogen-bond donors (Lipinski definition) is 1. The predicted molar refractivity (Wildman–Crippen MR) is 116 cm³/mol. The molecule has 0 unspecified atom stereocenters. The molecule has 0 atom stereocenters. The average Bonchev–Trinajstić information content (AvgIpc) is 2.94. The van der Waals surface area contributed by atoms with Gasteiger partial charge in [0, 0.05) is 34.5 Å². The highest BCUT2D eigenvalue weighted by atomic mass is 32.2. The lowest BCUT2D eigenvalue weighted by molar-refractivity contribution is -0.118. The van der Waals surface area contributed by atoms with Crippen molar-refractivity contribution in [1.29, 1.82) is 0 Å². The number of hydrogen-bond acceptors (Lipinski definition) is 6. The molecule has 3 aromatic heterocycles. The lowest BCUT2D eigenvalue weighted by Gasteiger charge is -2.08. The Labute approximate surface area is 174 Å². The Morgan fingerprint density at radius 2 is 1.86 bits per heavy atom. The second-order valence-electron chi connectivity index (χ2n) is 6.87. The van der Waals surface area contributed by atoms with Crippen molar-refractivity contribution in [2.24, 2.45) is 5.10 Å². The fourth-order valence-corrected chi connectivity index (χ4v) is 3.70. The Hall–Kier alpha value is -3.00. The maximum Gasteiger partial charge on any atom is 0.250 e. The van der Waals surface area contributed by atoms with Gasteiger partial charge in [-0.1, -0.05) is 17.8 Å². The number of aryl methyl sites for hydroxylation is 4. The number of rotatable bonds is 6. The summed E-state index contributed by atoms with van der Waals surface area (Å²) in [6.07, 6.45) is 3.50. The number of amides is 1. The van der Waals surface area contributed by atoms with E-state index in [1.807, 2.05) is 65.1 Å². The Balaban J connectivity index is 1.62. The number of thioether (sulfide) groups is 1. The molecule has 3 rings (SSSR count). The molecule has 3 heterocycles. The van der Waals surface area contributed by atoms with E-state index in [0.717, 1.165) is 39.7 Å². The largest absolute Gasteiger partial charge is 0.303 e. The predicted octanol–water partition coefficient (Wildman–Crippen LogP) is 3.45. The molecule has 0 spiro atoms. The zero-order valence-electron chi connectivity index (χ0n) is 17.2. The first-order valence-corrected chi connectivity index (χ1v) is 10.2. The molecule has 3 aromatic rings. The van der Waals surface area contributed by atoms with Gasteiger partial charge in [0.2, 0.25) is 0 Å². The van der Waals surface area contributed by atoms with Gasteiger partial charge in [-0.3, -0.25) is 4.79 Å². The molecule has 0 aromatic carbocycles. The molecular weight excluding hydrogens is 384 g/mol. The van der Waals surface area contributed by atoms with Crippen LogP contribution in [0.5, 0.6) is 0 Å². The van der Waals surface area contributed by atoms with E-state index in [2.05, 4.69) is 30.0 Å². The van der Waals surface area contributed by atoms with Gasteiger partial charge >= 0.3 is 0 Å². The van der Waals surface area contributed by atoms with E-state index >= 15 is 0 Å². The fraction of sp³-hybridized carbons (Fsp3) is 0.286. The van der Waals surface area contributed by atoms with Crippen molar-refractivity contribution in [3.8, 4) is 5.82 Å². The maximum atomic E-state index is 12.1. The summed E-state index contributed by atoms with van der Waals surface area (Å²) in [5.74, 6) is 0.856. The molecule has 7 nitrogen and oxygen atoms in total. The zero-order chi connectivity index (χ0) is 21.0. The van der Waals surface area contributed by atoms with Gasteiger partial charge in [-0.15, -0.1) is 0 Å². The monoisotopic (exact) mass is 408 g/mol. The van der Waals surface area contributed by atoms with E-state index in [4.69, 9.17) is 0 Å². The van der Waals surface area contributed by atoms with Gasteiger partial charge in [0.25, 0.3) is 5.91 Å². The van der Waals surface area contributed by atoms with Gasteiger partial charge in [-0.2, -0.15) is 5.10 Å². The molecule has 1 N–H and O–H groups in total. The highest BCUT2D eigenvalue weighted by Gasteiger charge is 2.10. The zero-order valence-corrected chi connectivity index (χ0v) is 18.0. The number of hydrazone groups is 1. The van der Waals surface area contributed by atoms with Crippen LogP contribution in [-0.2, 0) is 4.79 Å². The minimum absolute atomic E-state index is 0.201. The Morgan fingerprint density at radius 3 is 2.52 bits per heavy atom. The Kier molecular flexibility index (Phi) is 6.43. The molecule has 1 amide bonds. The molecule has 29 heavy (non-hydrogen) atoms. The van der Waals surface area contributed by atoms with Crippen molar-refractivity contribution in [3.05, 3.63) is 64.4 Å². The average molecular weight is 409 g/mol. The molecular formula is C21H24N6OS. The highest BCUT2D eigenvalue weighted by Crippen LogP contribution is 2.18. The summed E-state index contributed by atoms with van der Waals surface area (Å²) in [4.78, 5) is 25.2. The van der Waals surface area contributed by atoms with Crippen molar-refractivity contribution in [1.82, 2.24) is 24.9 Å². The molecule has 0 aliphatic carbocycles. The molecule has 0 saturated carbocycles. The Bertz CT molecular complexity index is 1040. The van der Waals surface area contributed by atoms with Crippen LogP contribution in [-0.4, -0.2) is 37.4 Å². The number of nitrogens with one attached hydrogen (secondary N) is 1. The van der Waals surface area contributed by atoms with E-state index < -0.39 is 0 Å². The number of nitrogens with zero attached hydrogens (tertiary/aromatic N) is 5. The van der Waals surface area contributed by atoms with Crippen molar-refractivity contribution in [2.45, 2.75) is 39.8 Å². The molecule has 0 fully saturated rings. The second kappa shape index (κ2) is 9.00. The van der Waals surface area contributed by atoms with E-state index in [-0.39, 0.29) is 11.7 Å². The third-order valence-electron chi connectivity index (χ3n) is 4.28. The fourth-order valence-electron chi connectivity index (χ4n) is 2.96. The summed E-state index contributed by atoms with van der Waals surface area (Å²) in [5, 5.41) is 4.69. The van der Waals surface area contributed by atoms with Crippen molar-refractivity contribution in [2.75, 3.05) is 5.75 Å².